The maximum Gasteiger partial charge on any atom is 0.305 e. The average molecular weight is 265 g/mol. The first-order chi connectivity index (χ1) is 8.81. The third kappa shape index (κ3) is 4.56. The first-order valence-electron chi connectivity index (χ1n) is 6.40. The number of aliphatic carboxylic acids is 1. The van der Waals surface area contributed by atoms with Gasteiger partial charge in [-0.25, -0.2) is 0 Å². The van der Waals surface area contributed by atoms with E-state index in [1.165, 1.54) is 5.56 Å². The zero-order chi connectivity index (χ0) is 14.6. The average Bonchev–Trinajstić information content (AvgIpc) is 2.25. The fourth-order valence-corrected chi connectivity index (χ4v) is 2.17. The molecule has 0 aliphatic carbocycles. The van der Waals surface area contributed by atoms with Crippen molar-refractivity contribution in [3.8, 4) is 5.75 Å². The number of ether oxygens (including phenoxy) is 1. The van der Waals surface area contributed by atoms with Gasteiger partial charge < -0.3 is 14.7 Å². The molecule has 0 aliphatic heterocycles. The largest absolute Gasteiger partial charge is 0.491 e. The number of hydrogen-bond acceptors (Lipinski definition) is 3. The Morgan fingerprint density at radius 2 is 1.79 bits per heavy atom. The number of carboxylic acid groups (broad SMARTS) is 1. The van der Waals surface area contributed by atoms with Gasteiger partial charge >= 0.3 is 5.97 Å². The van der Waals surface area contributed by atoms with Crippen LogP contribution in [0.2, 0.25) is 0 Å². The molecule has 0 amide bonds. The lowest BCUT2D eigenvalue weighted by atomic mass is 10.1. The molecule has 0 saturated carbocycles. The number of aryl methyl sites for hydroxylation is 3. The molecule has 4 nitrogen and oxygen atoms in total. The van der Waals surface area contributed by atoms with Gasteiger partial charge in [-0.15, -0.1) is 0 Å². The van der Waals surface area contributed by atoms with Crippen molar-refractivity contribution < 1.29 is 14.6 Å². The Balaban J connectivity index is 2.77. The number of rotatable bonds is 6. The molecule has 0 bridgehead atoms. The van der Waals surface area contributed by atoms with E-state index in [0.717, 1.165) is 16.9 Å². The highest BCUT2D eigenvalue weighted by atomic mass is 16.5. The number of likely N-dealkylation sites (N-methyl/N-ethyl adjacent to an activating group) is 1. The molecule has 1 aromatic rings. The number of carboxylic acids is 1. The Kier molecular flexibility index (Phi) is 5.36. The maximum atomic E-state index is 10.8. The van der Waals surface area contributed by atoms with Crippen molar-refractivity contribution in [3.63, 3.8) is 0 Å². The lowest BCUT2D eigenvalue weighted by Gasteiger charge is -2.24. The van der Waals surface area contributed by atoms with Crippen molar-refractivity contribution in [2.45, 2.75) is 33.2 Å². The molecule has 0 saturated heterocycles. The normalized spacial score (nSPS) is 12.5. The van der Waals surface area contributed by atoms with Crippen LogP contribution >= 0.6 is 0 Å². The summed E-state index contributed by atoms with van der Waals surface area (Å²) < 4.78 is 5.84. The summed E-state index contributed by atoms with van der Waals surface area (Å²) in [5.41, 5.74) is 3.38. The number of carbonyl (C=O) groups is 1. The first-order valence-corrected chi connectivity index (χ1v) is 6.40. The molecule has 0 fully saturated rings. The van der Waals surface area contributed by atoms with Crippen molar-refractivity contribution >= 4 is 5.97 Å². The van der Waals surface area contributed by atoms with Crippen molar-refractivity contribution in [3.05, 3.63) is 28.8 Å². The van der Waals surface area contributed by atoms with E-state index in [2.05, 4.69) is 19.1 Å². The maximum absolute atomic E-state index is 10.8. The van der Waals surface area contributed by atoms with Crippen LogP contribution in [-0.4, -0.2) is 42.7 Å². The molecule has 106 valence electrons. The van der Waals surface area contributed by atoms with Gasteiger partial charge in [-0.1, -0.05) is 17.7 Å². The third-order valence-electron chi connectivity index (χ3n) is 3.17. The van der Waals surface area contributed by atoms with Crippen LogP contribution in [0.25, 0.3) is 0 Å². The Morgan fingerprint density at radius 3 is 2.21 bits per heavy atom. The monoisotopic (exact) mass is 265 g/mol. The molecule has 1 rings (SSSR count). The predicted octanol–water partition coefficient (Wildman–Crippen LogP) is 2.40. The molecule has 1 unspecified atom stereocenters. The molecule has 0 radical (unpaired) electrons. The Hall–Kier alpha value is -1.55. The van der Waals surface area contributed by atoms with Crippen LogP contribution < -0.4 is 4.74 Å². The summed E-state index contributed by atoms with van der Waals surface area (Å²) in [5, 5.41) is 8.89. The smallest absolute Gasteiger partial charge is 0.305 e. The molecule has 1 N–H and O–H groups in total. The quantitative estimate of drug-likeness (QED) is 0.858. The predicted molar refractivity (Wildman–Crippen MR) is 75.9 cm³/mol. The minimum absolute atomic E-state index is 0.0803. The van der Waals surface area contributed by atoms with E-state index in [-0.39, 0.29) is 12.5 Å². The van der Waals surface area contributed by atoms with Crippen LogP contribution in [0.1, 0.15) is 23.1 Å². The summed E-state index contributed by atoms with van der Waals surface area (Å²) in [4.78, 5) is 12.7. The van der Waals surface area contributed by atoms with E-state index in [4.69, 9.17) is 9.84 Å². The minimum Gasteiger partial charge on any atom is -0.491 e. The molecule has 19 heavy (non-hydrogen) atoms. The molecule has 0 spiro atoms. The number of hydrogen-bond donors (Lipinski definition) is 1. The summed E-state index contributed by atoms with van der Waals surface area (Å²) in [6, 6.07) is 4.02. The molecule has 0 aliphatic rings. The zero-order valence-corrected chi connectivity index (χ0v) is 12.4. The molecular weight excluding hydrogens is 242 g/mol. The highest BCUT2D eigenvalue weighted by Gasteiger charge is 2.17. The Morgan fingerprint density at radius 1 is 1.26 bits per heavy atom. The molecule has 0 aromatic heterocycles. The Labute approximate surface area is 115 Å². The number of nitrogens with zero attached hydrogens (tertiary/aromatic N) is 1. The van der Waals surface area contributed by atoms with Crippen LogP contribution in [0.5, 0.6) is 5.75 Å². The van der Waals surface area contributed by atoms with Gasteiger partial charge in [-0.2, -0.15) is 0 Å². The van der Waals surface area contributed by atoms with Crippen LogP contribution in [0, 0.1) is 20.8 Å². The van der Waals surface area contributed by atoms with Crippen LogP contribution in [0.3, 0.4) is 0 Å². The van der Waals surface area contributed by atoms with Crippen molar-refractivity contribution in [2.75, 3.05) is 20.7 Å². The van der Waals surface area contributed by atoms with E-state index >= 15 is 0 Å². The third-order valence-corrected chi connectivity index (χ3v) is 3.17. The highest BCUT2D eigenvalue weighted by molar-refractivity contribution is 5.67. The molecule has 1 atom stereocenters. The van der Waals surface area contributed by atoms with E-state index in [1.807, 2.05) is 32.8 Å². The summed E-state index contributed by atoms with van der Waals surface area (Å²) in [7, 11) is 3.73. The second kappa shape index (κ2) is 6.57. The summed E-state index contributed by atoms with van der Waals surface area (Å²) >= 11 is 0. The van der Waals surface area contributed by atoms with Crippen LogP contribution in [-0.2, 0) is 4.79 Å². The van der Waals surface area contributed by atoms with Crippen molar-refractivity contribution in [1.29, 1.82) is 0 Å². The summed E-state index contributed by atoms with van der Waals surface area (Å²) in [5.74, 6) is 0.0579. The van der Waals surface area contributed by atoms with E-state index in [0.29, 0.717) is 6.61 Å². The van der Waals surface area contributed by atoms with Gasteiger partial charge in [0.05, 0.1) is 12.5 Å². The van der Waals surface area contributed by atoms with Crippen molar-refractivity contribution in [1.82, 2.24) is 4.90 Å². The minimum atomic E-state index is -0.806. The fraction of sp³-hybridized carbons (Fsp3) is 0.533. The lowest BCUT2D eigenvalue weighted by molar-refractivity contribution is -0.138. The van der Waals surface area contributed by atoms with E-state index in [1.54, 1.807) is 0 Å². The Bertz CT molecular complexity index is 432. The van der Waals surface area contributed by atoms with Gasteiger partial charge in [0.15, 0.2) is 0 Å². The highest BCUT2D eigenvalue weighted by Crippen LogP contribution is 2.25. The van der Waals surface area contributed by atoms with Crippen LogP contribution in [0.4, 0.5) is 0 Å². The summed E-state index contributed by atoms with van der Waals surface area (Å²) in [6.45, 7) is 6.45. The lowest BCUT2D eigenvalue weighted by Crippen LogP contribution is -2.35. The second-order valence-electron chi connectivity index (χ2n) is 5.25. The van der Waals surface area contributed by atoms with Gasteiger partial charge in [0, 0.05) is 0 Å². The molecular formula is C15H23NO3. The standard InChI is InChI=1S/C15H23NO3/c1-10-6-11(2)15(12(3)7-10)19-9-13(16(4)5)8-14(17)18/h6-7,13H,8-9H2,1-5H3,(H,17,18). The van der Waals surface area contributed by atoms with E-state index in [9.17, 15) is 4.79 Å². The van der Waals surface area contributed by atoms with Gasteiger partial charge in [-0.3, -0.25) is 4.79 Å². The summed E-state index contributed by atoms with van der Waals surface area (Å²) in [6.07, 6.45) is 0.0803. The van der Waals surface area contributed by atoms with Crippen LogP contribution in [0.15, 0.2) is 12.1 Å². The number of benzene rings is 1. The SMILES string of the molecule is Cc1cc(C)c(OCC(CC(=O)O)N(C)C)c(C)c1. The molecule has 1 aromatic carbocycles. The fourth-order valence-electron chi connectivity index (χ4n) is 2.17. The van der Waals surface area contributed by atoms with Gasteiger partial charge in [0.1, 0.15) is 12.4 Å². The zero-order valence-electron chi connectivity index (χ0n) is 12.4. The second-order valence-corrected chi connectivity index (χ2v) is 5.25. The van der Waals surface area contributed by atoms with Gasteiger partial charge in [-0.05, 0) is 46.0 Å². The van der Waals surface area contributed by atoms with E-state index < -0.39 is 5.97 Å². The van der Waals surface area contributed by atoms with Crippen molar-refractivity contribution in [2.24, 2.45) is 0 Å². The topological polar surface area (TPSA) is 49.8 Å². The van der Waals surface area contributed by atoms with Gasteiger partial charge in [0.25, 0.3) is 0 Å². The first kappa shape index (κ1) is 15.5. The molecule has 4 heteroatoms. The van der Waals surface area contributed by atoms with Gasteiger partial charge in [0.2, 0.25) is 0 Å². The molecule has 0 heterocycles.